The van der Waals surface area contributed by atoms with E-state index in [9.17, 15) is 9.90 Å². The number of aliphatic hydroxyl groups excluding tert-OH is 1. The maximum absolute atomic E-state index is 11.4. The van der Waals surface area contributed by atoms with Crippen LogP contribution >= 0.6 is 0 Å². The lowest BCUT2D eigenvalue weighted by atomic mass is 10.1. The summed E-state index contributed by atoms with van der Waals surface area (Å²) in [4.78, 5) is 11.4. The largest absolute Gasteiger partial charge is 0.465 e. The van der Waals surface area contributed by atoms with Crippen LogP contribution in [-0.2, 0) is 9.53 Å². The lowest BCUT2D eigenvalue weighted by Gasteiger charge is -2.09. The summed E-state index contributed by atoms with van der Waals surface area (Å²) in [7, 11) is 0. The fourth-order valence-electron chi connectivity index (χ4n) is 1.83. The average Bonchev–Trinajstić information content (AvgIpc) is 2.41. The first-order chi connectivity index (χ1) is 9.20. The number of rotatable bonds is 12. The highest BCUT2D eigenvalue weighted by molar-refractivity contribution is 5.69. The molecule has 0 aliphatic rings. The predicted molar refractivity (Wildman–Crippen MR) is 79.0 cm³/mol. The molecule has 0 aromatic carbocycles. The molecule has 0 heterocycles. The molecule has 1 N–H and O–H groups in total. The van der Waals surface area contributed by atoms with Gasteiger partial charge in [-0.3, -0.25) is 4.79 Å². The van der Waals surface area contributed by atoms with Crippen molar-refractivity contribution in [2.45, 2.75) is 77.7 Å². The maximum atomic E-state index is 11.4. The monoisotopic (exact) mass is 270 g/mol. The summed E-state index contributed by atoms with van der Waals surface area (Å²) < 4.78 is 5.08. The average molecular weight is 270 g/mol. The smallest absolute Gasteiger partial charge is 0.305 e. The molecule has 0 fully saturated rings. The van der Waals surface area contributed by atoms with Gasteiger partial charge in [-0.05, 0) is 25.7 Å². The number of aliphatic hydroxyl groups is 1. The van der Waals surface area contributed by atoms with Crippen LogP contribution in [0.1, 0.15) is 71.6 Å². The second-order valence-electron chi connectivity index (χ2n) is 4.93. The van der Waals surface area contributed by atoms with Crippen molar-refractivity contribution in [3.63, 3.8) is 0 Å². The summed E-state index contributed by atoms with van der Waals surface area (Å²) >= 11 is 0. The number of ether oxygens (including phenoxy) is 1. The Labute approximate surface area is 118 Å². The van der Waals surface area contributed by atoms with Crippen molar-refractivity contribution in [1.29, 1.82) is 0 Å². The zero-order chi connectivity index (χ0) is 14.3. The Morgan fingerprint density at radius 3 is 2.63 bits per heavy atom. The van der Waals surface area contributed by atoms with Crippen LogP contribution in [0.2, 0.25) is 0 Å². The highest BCUT2D eigenvalue weighted by Crippen LogP contribution is 2.10. The highest BCUT2D eigenvalue weighted by Gasteiger charge is 2.08. The number of allylic oxidation sites excluding steroid dienone is 1. The first-order valence-corrected chi connectivity index (χ1v) is 7.69. The molecule has 0 spiro atoms. The van der Waals surface area contributed by atoms with Crippen molar-refractivity contribution in [3.8, 4) is 0 Å². The third-order valence-electron chi connectivity index (χ3n) is 3.02. The fraction of sp³-hybridized carbons (Fsp3) is 0.812. The number of unbranched alkanes of at least 4 members (excludes halogenated alkanes) is 3. The normalized spacial score (nSPS) is 12.8. The molecule has 0 aromatic heterocycles. The minimum absolute atomic E-state index is 0.197. The lowest BCUT2D eigenvalue weighted by molar-refractivity contribution is -0.144. The number of hydrogen-bond acceptors (Lipinski definition) is 3. The topological polar surface area (TPSA) is 46.5 Å². The van der Waals surface area contributed by atoms with Crippen LogP contribution in [0.5, 0.6) is 0 Å². The molecule has 19 heavy (non-hydrogen) atoms. The van der Waals surface area contributed by atoms with E-state index in [2.05, 4.69) is 19.9 Å². The third kappa shape index (κ3) is 13.4. The molecule has 0 bridgehead atoms. The van der Waals surface area contributed by atoms with E-state index < -0.39 is 0 Å². The van der Waals surface area contributed by atoms with Gasteiger partial charge in [-0.2, -0.15) is 0 Å². The van der Waals surface area contributed by atoms with Crippen molar-refractivity contribution < 1.29 is 14.6 Å². The number of esters is 1. The van der Waals surface area contributed by atoms with Crippen LogP contribution in [0.25, 0.3) is 0 Å². The Morgan fingerprint density at radius 1 is 1.16 bits per heavy atom. The molecule has 0 saturated heterocycles. The minimum atomic E-state index is -0.357. The van der Waals surface area contributed by atoms with Crippen LogP contribution in [0, 0.1) is 0 Å². The summed E-state index contributed by atoms with van der Waals surface area (Å²) in [6.07, 6.45) is 11.8. The molecule has 0 saturated carbocycles. The van der Waals surface area contributed by atoms with Crippen LogP contribution in [0.4, 0.5) is 0 Å². The quantitative estimate of drug-likeness (QED) is 0.331. The fourth-order valence-corrected chi connectivity index (χ4v) is 1.83. The van der Waals surface area contributed by atoms with Gasteiger partial charge in [0.2, 0.25) is 0 Å². The molecule has 0 amide bonds. The van der Waals surface area contributed by atoms with Gasteiger partial charge < -0.3 is 9.84 Å². The molecule has 0 aromatic rings. The van der Waals surface area contributed by atoms with Crippen molar-refractivity contribution in [3.05, 3.63) is 12.2 Å². The first kappa shape index (κ1) is 18.2. The van der Waals surface area contributed by atoms with Crippen molar-refractivity contribution in [1.82, 2.24) is 0 Å². The summed E-state index contributed by atoms with van der Waals surface area (Å²) in [5, 5.41) is 9.72. The van der Waals surface area contributed by atoms with Crippen LogP contribution < -0.4 is 0 Å². The molecule has 3 heteroatoms. The van der Waals surface area contributed by atoms with E-state index in [1.54, 1.807) is 0 Å². The zero-order valence-electron chi connectivity index (χ0n) is 12.6. The van der Waals surface area contributed by atoms with Gasteiger partial charge in [0.1, 0.15) is 0 Å². The molecule has 0 aliphatic heterocycles. The van der Waals surface area contributed by atoms with E-state index in [1.807, 2.05) is 6.08 Å². The second-order valence-corrected chi connectivity index (χ2v) is 4.93. The molecule has 0 rings (SSSR count). The van der Waals surface area contributed by atoms with E-state index in [4.69, 9.17) is 4.74 Å². The van der Waals surface area contributed by atoms with Gasteiger partial charge in [0.15, 0.2) is 0 Å². The number of hydrogen-bond donors (Lipinski definition) is 1. The lowest BCUT2D eigenvalue weighted by Crippen LogP contribution is -2.12. The molecule has 0 aliphatic carbocycles. The van der Waals surface area contributed by atoms with Gasteiger partial charge >= 0.3 is 5.97 Å². The summed E-state index contributed by atoms with van der Waals surface area (Å²) in [6.45, 7) is 4.69. The Balaban J connectivity index is 3.42. The molecular formula is C16H30O3. The number of carbonyl (C=O) groups excluding carboxylic acids is 1. The SMILES string of the molecule is CC/C=C/CCOC(=O)CCC(O)CCCCCC. The third-order valence-corrected chi connectivity index (χ3v) is 3.02. The summed E-state index contributed by atoms with van der Waals surface area (Å²) in [5.74, 6) is -0.197. The van der Waals surface area contributed by atoms with Crippen LogP contribution in [-0.4, -0.2) is 23.8 Å². The van der Waals surface area contributed by atoms with Gasteiger partial charge in [0, 0.05) is 6.42 Å². The van der Waals surface area contributed by atoms with Crippen LogP contribution in [0.3, 0.4) is 0 Å². The van der Waals surface area contributed by atoms with E-state index in [0.29, 0.717) is 19.4 Å². The molecule has 1 unspecified atom stereocenters. The van der Waals surface area contributed by atoms with Gasteiger partial charge in [0.25, 0.3) is 0 Å². The van der Waals surface area contributed by atoms with Gasteiger partial charge in [-0.1, -0.05) is 51.7 Å². The van der Waals surface area contributed by atoms with E-state index in [1.165, 1.54) is 19.3 Å². The molecule has 112 valence electrons. The van der Waals surface area contributed by atoms with E-state index >= 15 is 0 Å². The Bertz CT molecular complexity index is 236. The maximum Gasteiger partial charge on any atom is 0.305 e. The van der Waals surface area contributed by atoms with Crippen molar-refractivity contribution >= 4 is 5.97 Å². The summed E-state index contributed by atoms with van der Waals surface area (Å²) in [6, 6.07) is 0. The minimum Gasteiger partial charge on any atom is -0.465 e. The van der Waals surface area contributed by atoms with Crippen molar-refractivity contribution in [2.24, 2.45) is 0 Å². The highest BCUT2D eigenvalue weighted by atomic mass is 16.5. The number of carbonyl (C=O) groups is 1. The standard InChI is InChI=1S/C16H30O3/c1-3-5-7-9-11-15(17)12-13-16(18)19-14-10-8-6-4-2/h6,8,15,17H,3-5,7,9-14H2,1-2H3/b8-6+. The van der Waals surface area contributed by atoms with E-state index in [0.717, 1.165) is 25.7 Å². The first-order valence-electron chi connectivity index (χ1n) is 7.69. The van der Waals surface area contributed by atoms with Crippen molar-refractivity contribution in [2.75, 3.05) is 6.61 Å². The predicted octanol–water partition coefficient (Wildman–Crippen LogP) is 4.00. The van der Waals surface area contributed by atoms with Gasteiger partial charge in [-0.15, -0.1) is 0 Å². The Hall–Kier alpha value is -0.830. The molecule has 0 radical (unpaired) electrons. The Kier molecular flexibility index (Phi) is 13.0. The Morgan fingerprint density at radius 2 is 1.95 bits per heavy atom. The zero-order valence-corrected chi connectivity index (χ0v) is 12.6. The molecular weight excluding hydrogens is 240 g/mol. The van der Waals surface area contributed by atoms with Gasteiger partial charge in [-0.25, -0.2) is 0 Å². The second kappa shape index (κ2) is 13.6. The molecule has 1 atom stereocenters. The van der Waals surface area contributed by atoms with E-state index in [-0.39, 0.29) is 12.1 Å². The summed E-state index contributed by atoms with van der Waals surface area (Å²) in [5.41, 5.74) is 0. The van der Waals surface area contributed by atoms with Crippen LogP contribution in [0.15, 0.2) is 12.2 Å². The molecule has 3 nitrogen and oxygen atoms in total. The van der Waals surface area contributed by atoms with Gasteiger partial charge in [0.05, 0.1) is 12.7 Å².